The van der Waals surface area contributed by atoms with Gasteiger partial charge in [0.15, 0.2) is 0 Å². The van der Waals surface area contributed by atoms with Gasteiger partial charge in [0.05, 0.1) is 49.2 Å². The van der Waals surface area contributed by atoms with Gasteiger partial charge in [-0.15, -0.1) is 0 Å². The third-order valence-corrected chi connectivity index (χ3v) is 12.8. The highest BCUT2D eigenvalue weighted by Gasteiger charge is 2.42. The first-order chi connectivity index (χ1) is 30.4. The van der Waals surface area contributed by atoms with Crippen molar-refractivity contribution >= 4 is 45.8 Å². The quantitative estimate of drug-likeness (QED) is 0.112. The molecule has 6 aromatic rings. The van der Waals surface area contributed by atoms with E-state index in [1.807, 2.05) is 68.3 Å². The molecule has 0 aliphatic carbocycles. The number of benzene rings is 4. The number of hydrogen-bond donors (Lipinski definition) is 4. The van der Waals surface area contributed by atoms with Gasteiger partial charge >= 0.3 is 12.2 Å². The molecule has 326 valence electrons. The molecule has 2 fully saturated rings. The lowest BCUT2D eigenvalue weighted by molar-refractivity contribution is -0.137. The number of imidazole rings is 2. The van der Waals surface area contributed by atoms with Gasteiger partial charge in [-0.05, 0) is 89.9 Å². The number of carbonyl (C=O) groups excluding carboxylic acids is 4. The molecule has 4 amide bonds. The fourth-order valence-corrected chi connectivity index (χ4v) is 9.59. The van der Waals surface area contributed by atoms with Gasteiger partial charge in [-0.25, -0.2) is 19.6 Å². The van der Waals surface area contributed by atoms with Crippen LogP contribution in [0.15, 0.2) is 79.0 Å². The summed E-state index contributed by atoms with van der Waals surface area (Å²) in [5, 5.41) is 7.43. The first-order valence-corrected chi connectivity index (χ1v) is 21.6. The van der Waals surface area contributed by atoms with Crippen LogP contribution >= 0.6 is 0 Å². The molecule has 15 heteroatoms. The van der Waals surface area contributed by atoms with Crippen molar-refractivity contribution < 1.29 is 33.4 Å². The number of methoxy groups -OCH3 is 2. The minimum Gasteiger partial charge on any atom is -0.488 e. The third-order valence-electron chi connectivity index (χ3n) is 12.8. The second-order valence-corrected chi connectivity index (χ2v) is 17.4. The maximum absolute atomic E-state index is 14.2. The Balaban J connectivity index is 0.967. The lowest BCUT2D eigenvalue weighted by Gasteiger charge is -2.32. The Morgan fingerprint density at radius 3 is 2.38 bits per heavy atom. The molecule has 63 heavy (non-hydrogen) atoms. The molecule has 3 aliphatic rings. The van der Waals surface area contributed by atoms with Gasteiger partial charge in [0, 0.05) is 23.5 Å². The molecule has 5 heterocycles. The van der Waals surface area contributed by atoms with E-state index in [1.165, 1.54) is 14.2 Å². The first kappa shape index (κ1) is 41.5. The number of nitrogens with zero attached hydrogens (tertiary/aromatic N) is 4. The molecule has 9 rings (SSSR count). The van der Waals surface area contributed by atoms with Gasteiger partial charge in [-0.1, -0.05) is 69.3 Å². The number of rotatable bonds is 9. The number of aromatic nitrogens is 4. The Kier molecular flexibility index (Phi) is 11.0. The van der Waals surface area contributed by atoms with Crippen molar-refractivity contribution in [1.29, 1.82) is 0 Å². The van der Waals surface area contributed by atoms with Crippen molar-refractivity contribution in [2.24, 2.45) is 11.8 Å². The molecule has 0 spiro atoms. The van der Waals surface area contributed by atoms with Gasteiger partial charge in [0.1, 0.15) is 36.1 Å². The van der Waals surface area contributed by atoms with Crippen molar-refractivity contribution in [2.75, 3.05) is 20.8 Å². The highest BCUT2D eigenvalue weighted by Crippen LogP contribution is 2.44. The summed E-state index contributed by atoms with van der Waals surface area (Å²) in [4.78, 5) is 73.3. The number of alkyl carbamates (subject to hydrolysis) is 2. The second kappa shape index (κ2) is 16.8. The number of ether oxygens (including phenoxy) is 3. The van der Waals surface area contributed by atoms with E-state index in [0.29, 0.717) is 30.4 Å². The third kappa shape index (κ3) is 7.69. The van der Waals surface area contributed by atoms with E-state index in [9.17, 15) is 19.2 Å². The Morgan fingerprint density at radius 2 is 1.62 bits per heavy atom. The van der Waals surface area contributed by atoms with Crippen LogP contribution in [0.25, 0.3) is 44.2 Å². The molecule has 1 unspecified atom stereocenters. The first-order valence-electron chi connectivity index (χ1n) is 21.6. The fourth-order valence-electron chi connectivity index (χ4n) is 9.59. The molecule has 6 atom stereocenters. The van der Waals surface area contributed by atoms with Crippen LogP contribution in [-0.4, -0.2) is 86.6 Å². The topological polar surface area (TPSA) is 184 Å². The maximum Gasteiger partial charge on any atom is 0.407 e. The summed E-state index contributed by atoms with van der Waals surface area (Å²) < 4.78 is 16.1. The van der Waals surface area contributed by atoms with E-state index in [0.717, 1.165) is 74.8 Å². The zero-order valence-electron chi connectivity index (χ0n) is 36.2. The molecule has 0 saturated carbocycles. The predicted molar refractivity (Wildman–Crippen MR) is 236 cm³/mol. The molecule has 2 aromatic heterocycles. The highest BCUT2D eigenvalue weighted by atomic mass is 16.5. The summed E-state index contributed by atoms with van der Waals surface area (Å²) in [7, 11) is 2.58. The Labute approximate surface area is 364 Å². The smallest absolute Gasteiger partial charge is 0.407 e. The average Bonchev–Trinajstić information content (AvgIpc) is 4.12. The largest absolute Gasteiger partial charge is 0.488 e. The number of H-pyrrole nitrogens is 2. The molecule has 4 aromatic carbocycles. The van der Waals surface area contributed by atoms with Crippen molar-refractivity contribution in [2.45, 2.75) is 83.8 Å². The number of carbonyl (C=O) groups is 4. The Hall–Kier alpha value is -6.90. The number of likely N-dealkylation sites (tertiary alicyclic amines) is 2. The van der Waals surface area contributed by atoms with Crippen LogP contribution in [0.5, 0.6) is 5.75 Å². The number of nitrogens with one attached hydrogen (secondary N) is 4. The zero-order chi connectivity index (χ0) is 44.1. The van der Waals surface area contributed by atoms with Crippen LogP contribution in [0.4, 0.5) is 9.59 Å². The average molecular weight is 853 g/mol. The normalized spacial score (nSPS) is 20.2. The monoisotopic (exact) mass is 852 g/mol. The van der Waals surface area contributed by atoms with Crippen LogP contribution < -0.4 is 15.4 Å². The minimum absolute atomic E-state index is 0.0296. The van der Waals surface area contributed by atoms with Crippen LogP contribution in [0.2, 0.25) is 0 Å². The van der Waals surface area contributed by atoms with Crippen molar-refractivity contribution in [1.82, 2.24) is 40.4 Å². The summed E-state index contributed by atoms with van der Waals surface area (Å²) in [5.41, 5.74) is 7.20. The van der Waals surface area contributed by atoms with E-state index < -0.39 is 24.3 Å². The standard InChI is InChI=1S/C48H52N8O7/c1-25(2)40(53-47(59)61-5)46(58)56-27(4)12-17-37(56)44-50-35-16-14-29-20-34-32-15-13-30(19-31(32)24-63-39(34)21-33(29)42(35)52-44)36-22-49-43(51-36)38-18-26(3)23-55(38)45(57)41(54-48(60)62-6)28-10-8-7-9-11-28/h7-11,13-16,19-22,25-27,37-38,40-41H,12,17-18,23-24H2,1-6H3,(H,49,51)(H,50,52)(H,53,59)(H,54,60)/t26-,27-,37-,38-,40?,41+/m0/s1. The predicted octanol–water partition coefficient (Wildman–Crippen LogP) is 8.11. The summed E-state index contributed by atoms with van der Waals surface area (Å²) in [6.07, 6.45) is 2.77. The van der Waals surface area contributed by atoms with E-state index in [-0.39, 0.29) is 41.8 Å². The van der Waals surface area contributed by atoms with Gasteiger partial charge in [-0.2, -0.15) is 0 Å². The van der Waals surface area contributed by atoms with Crippen molar-refractivity contribution in [3.8, 4) is 28.1 Å². The summed E-state index contributed by atoms with van der Waals surface area (Å²) >= 11 is 0. The van der Waals surface area contributed by atoms with Crippen LogP contribution in [-0.2, 0) is 25.7 Å². The molecule has 0 bridgehead atoms. The molecule has 0 radical (unpaired) electrons. The molecular weight excluding hydrogens is 801 g/mol. The molecule has 15 nitrogen and oxygen atoms in total. The fraction of sp³-hybridized carbons (Fsp3) is 0.375. The van der Waals surface area contributed by atoms with Crippen LogP contribution in [0.1, 0.15) is 87.9 Å². The lowest BCUT2D eigenvalue weighted by Crippen LogP contribution is -2.52. The van der Waals surface area contributed by atoms with Gasteiger partial charge in [-0.3, -0.25) is 9.59 Å². The molecule has 2 saturated heterocycles. The maximum atomic E-state index is 14.2. The van der Waals surface area contributed by atoms with Crippen LogP contribution in [0, 0.1) is 11.8 Å². The summed E-state index contributed by atoms with van der Waals surface area (Å²) in [5.74, 6) is 1.87. The number of aromatic amines is 2. The SMILES string of the molecule is COC(=O)NC(C(=O)N1[C@@H](C)CC[C@H]1c1nc2c(ccc3cc4c(cc32)OCc2cc(-c3cnc([C@@H]5C[C@H](C)CN5C(=O)[C@H](NC(=O)OC)c5ccccc5)[nH]3)ccc2-4)[nH]1)C(C)C. The second-order valence-electron chi connectivity index (χ2n) is 17.4. The van der Waals surface area contributed by atoms with E-state index in [4.69, 9.17) is 24.2 Å². The highest BCUT2D eigenvalue weighted by molar-refractivity contribution is 6.07. The number of fused-ring (bicyclic) bond motifs is 6. The minimum atomic E-state index is -0.907. The lowest BCUT2D eigenvalue weighted by atomic mass is 9.92. The van der Waals surface area contributed by atoms with Gasteiger partial charge in [0.25, 0.3) is 5.91 Å². The molecule has 3 aliphatic heterocycles. The zero-order valence-corrected chi connectivity index (χ0v) is 36.2. The molecular formula is C48H52N8O7. The van der Waals surface area contributed by atoms with E-state index >= 15 is 0 Å². The Morgan fingerprint density at radius 1 is 0.841 bits per heavy atom. The van der Waals surface area contributed by atoms with Crippen molar-refractivity contribution in [3.63, 3.8) is 0 Å². The van der Waals surface area contributed by atoms with Crippen molar-refractivity contribution in [3.05, 3.63) is 102 Å². The number of hydrogen-bond acceptors (Lipinski definition) is 9. The van der Waals surface area contributed by atoms with Crippen LogP contribution in [0.3, 0.4) is 0 Å². The van der Waals surface area contributed by atoms with E-state index in [2.05, 4.69) is 63.9 Å². The van der Waals surface area contributed by atoms with Gasteiger partial charge in [0.2, 0.25) is 5.91 Å². The number of amides is 4. The Bertz CT molecular complexity index is 2730. The summed E-state index contributed by atoms with van der Waals surface area (Å²) in [6, 6.07) is 21.6. The summed E-state index contributed by atoms with van der Waals surface area (Å²) in [6.45, 7) is 8.86. The van der Waals surface area contributed by atoms with Gasteiger partial charge < -0.3 is 44.6 Å². The molecule has 4 N–H and O–H groups in total. The van der Waals surface area contributed by atoms with E-state index in [1.54, 1.807) is 4.90 Å².